The number of hydrogen-bond acceptors (Lipinski definition) is 4. The van der Waals surface area contributed by atoms with Crippen LogP contribution < -0.4 is 10.1 Å². The summed E-state index contributed by atoms with van der Waals surface area (Å²) in [6.45, 7) is 2.67. The number of benzene rings is 1. The molecule has 1 aromatic rings. The minimum Gasteiger partial charge on any atom is -0.495 e. The highest BCUT2D eigenvalue weighted by atomic mass is 35.5. The van der Waals surface area contributed by atoms with Crippen LogP contribution in [0.1, 0.15) is 19.3 Å². The molecule has 1 amide bonds. The molecule has 0 atom stereocenters. The van der Waals surface area contributed by atoms with Crippen LogP contribution in [-0.4, -0.2) is 62.6 Å². The molecule has 1 aliphatic rings. The summed E-state index contributed by atoms with van der Waals surface area (Å²) in [5.41, 5.74) is 0.815. The average Bonchev–Trinajstić information content (AvgIpc) is 2.55. The lowest BCUT2D eigenvalue weighted by molar-refractivity contribution is -0.132. The number of rotatable bonds is 6. The quantitative estimate of drug-likeness (QED) is 0.865. The minimum atomic E-state index is 0.174. The number of anilines is 1. The molecule has 1 N–H and O–H groups in total. The van der Waals surface area contributed by atoms with E-state index >= 15 is 0 Å². The summed E-state index contributed by atoms with van der Waals surface area (Å²) in [6, 6.07) is 5.77. The zero-order chi connectivity index (χ0) is 16.8. The van der Waals surface area contributed by atoms with Gasteiger partial charge in [0.05, 0.1) is 12.8 Å². The lowest BCUT2D eigenvalue weighted by atomic mass is 10.0. The van der Waals surface area contributed by atoms with Gasteiger partial charge in [-0.05, 0) is 51.2 Å². The van der Waals surface area contributed by atoms with Crippen LogP contribution >= 0.6 is 11.6 Å². The number of ether oxygens (including phenoxy) is 1. The number of hydrogen-bond donors (Lipinski definition) is 1. The first-order chi connectivity index (χ1) is 11.0. The number of nitrogens with zero attached hydrogens (tertiary/aromatic N) is 2. The molecule has 0 aliphatic carbocycles. The van der Waals surface area contributed by atoms with Crippen molar-refractivity contribution in [2.45, 2.75) is 25.3 Å². The molecule has 5 nitrogen and oxygen atoms in total. The van der Waals surface area contributed by atoms with Gasteiger partial charge in [0.15, 0.2) is 0 Å². The molecule has 1 aliphatic heterocycles. The molecule has 0 aromatic heterocycles. The first-order valence-electron chi connectivity index (χ1n) is 8.03. The molecule has 2 rings (SSSR count). The fraction of sp³-hybridized carbons (Fsp3) is 0.588. The van der Waals surface area contributed by atoms with E-state index in [0.29, 0.717) is 24.0 Å². The predicted molar refractivity (Wildman–Crippen MR) is 94.4 cm³/mol. The lowest BCUT2D eigenvalue weighted by Crippen LogP contribution is -2.44. The second-order valence-electron chi connectivity index (χ2n) is 6.06. The second-order valence-corrected chi connectivity index (χ2v) is 6.50. The van der Waals surface area contributed by atoms with Crippen LogP contribution in [0.15, 0.2) is 18.2 Å². The normalized spacial score (nSPS) is 16.2. The van der Waals surface area contributed by atoms with Crippen molar-refractivity contribution in [3.63, 3.8) is 0 Å². The molecule has 6 heteroatoms. The van der Waals surface area contributed by atoms with E-state index in [2.05, 4.69) is 17.3 Å². The third-order valence-corrected chi connectivity index (χ3v) is 4.68. The van der Waals surface area contributed by atoms with Gasteiger partial charge in [-0.3, -0.25) is 4.79 Å². The summed E-state index contributed by atoms with van der Waals surface area (Å²) in [5, 5.41) is 3.88. The summed E-state index contributed by atoms with van der Waals surface area (Å²) in [5.74, 6) is 0.901. The fourth-order valence-corrected chi connectivity index (χ4v) is 3.06. The smallest absolute Gasteiger partial charge is 0.224 e. The Morgan fingerprint density at radius 1 is 1.43 bits per heavy atom. The van der Waals surface area contributed by atoms with Crippen LogP contribution in [0.5, 0.6) is 5.75 Å². The molecule has 0 saturated carbocycles. The van der Waals surface area contributed by atoms with Crippen LogP contribution in [0.25, 0.3) is 0 Å². The van der Waals surface area contributed by atoms with Crippen molar-refractivity contribution in [3.8, 4) is 5.75 Å². The van der Waals surface area contributed by atoms with Crippen molar-refractivity contribution in [1.29, 1.82) is 0 Å². The number of carbonyl (C=O) groups excluding carboxylic acids is 1. The Bertz CT molecular complexity index is 531. The molecule has 1 fully saturated rings. The van der Waals surface area contributed by atoms with Crippen molar-refractivity contribution in [1.82, 2.24) is 9.80 Å². The SMILES string of the molecule is COc1ccc(Cl)cc1NCCC(=O)N(C)C1CCN(C)CC1. The summed E-state index contributed by atoms with van der Waals surface area (Å²) < 4.78 is 5.29. The zero-order valence-electron chi connectivity index (χ0n) is 14.1. The molecule has 23 heavy (non-hydrogen) atoms. The maximum absolute atomic E-state index is 12.4. The van der Waals surface area contributed by atoms with Crippen LogP contribution in [-0.2, 0) is 4.79 Å². The zero-order valence-corrected chi connectivity index (χ0v) is 14.9. The van der Waals surface area contributed by atoms with Gasteiger partial charge in [0.25, 0.3) is 0 Å². The molecule has 0 bridgehead atoms. The monoisotopic (exact) mass is 339 g/mol. The first kappa shape index (κ1) is 17.9. The van der Waals surface area contributed by atoms with Crippen LogP contribution in [0.3, 0.4) is 0 Å². The largest absolute Gasteiger partial charge is 0.495 e. The van der Waals surface area contributed by atoms with Gasteiger partial charge in [0.1, 0.15) is 5.75 Å². The van der Waals surface area contributed by atoms with E-state index in [9.17, 15) is 4.79 Å². The Balaban J connectivity index is 1.81. The van der Waals surface area contributed by atoms with Crippen LogP contribution in [0.4, 0.5) is 5.69 Å². The Kier molecular flexibility index (Phi) is 6.54. The molecule has 1 heterocycles. The number of amides is 1. The van der Waals surface area contributed by atoms with Crippen molar-refractivity contribution in [2.24, 2.45) is 0 Å². The molecular formula is C17H26ClN3O2. The van der Waals surface area contributed by atoms with Gasteiger partial charge >= 0.3 is 0 Å². The number of carbonyl (C=O) groups is 1. The highest BCUT2D eigenvalue weighted by Crippen LogP contribution is 2.27. The van der Waals surface area contributed by atoms with E-state index < -0.39 is 0 Å². The summed E-state index contributed by atoms with van der Waals surface area (Å²) in [4.78, 5) is 16.6. The van der Waals surface area contributed by atoms with Crippen molar-refractivity contribution < 1.29 is 9.53 Å². The fourth-order valence-electron chi connectivity index (χ4n) is 2.88. The Morgan fingerprint density at radius 2 is 2.13 bits per heavy atom. The van der Waals surface area contributed by atoms with Gasteiger partial charge in [0.2, 0.25) is 5.91 Å². The molecule has 1 saturated heterocycles. The summed E-state index contributed by atoms with van der Waals surface area (Å²) in [7, 11) is 5.66. The molecule has 0 radical (unpaired) electrons. The Hall–Kier alpha value is -1.46. The number of piperidine rings is 1. The minimum absolute atomic E-state index is 0.174. The Labute approximate surface area is 143 Å². The second kappa shape index (κ2) is 8.41. The summed E-state index contributed by atoms with van der Waals surface area (Å²) >= 11 is 6.00. The van der Waals surface area contributed by atoms with E-state index in [0.717, 1.165) is 37.4 Å². The van der Waals surface area contributed by atoms with Gasteiger partial charge in [-0.1, -0.05) is 11.6 Å². The van der Waals surface area contributed by atoms with E-state index in [1.165, 1.54) is 0 Å². The topological polar surface area (TPSA) is 44.8 Å². The van der Waals surface area contributed by atoms with Crippen LogP contribution in [0, 0.1) is 0 Å². The standard InChI is InChI=1S/C17H26ClN3O2/c1-20-10-7-14(8-11-20)21(2)17(22)6-9-19-15-12-13(18)4-5-16(15)23-3/h4-5,12,14,19H,6-11H2,1-3H3. The summed E-state index contributed by atoms with van der Waals surface area (Å²) in [6.07, 6.45) is 2.56. The van der Waals surface area contributed by atoms with Crippen LogP contribution in [0.2, 0.25) is 5.02 Å². The molecule has 0 unspecified atom stereocenters. The number of nitrogens with one attached hydrogen (secondary N) is 1. The number of methoxy groups -OCH3 is 1. The Morgan fingerprint density at radius 3 is 2.78 bits per heavy atom. The highest BCUT2D eigenvalue weighted by molar-refractivity contribution is 6.30. The number of likely N-dealkylation sites (tertiary alicyclic amines) is 1. The maximum atomic E-state index is 12.4. The molecule has 0 spiro atoms. The van der Waals surface area contributed by atoms with E-state index in [1.807, 2.05) is 24.1 Å². The van der Waals surface area contributed by atoms with Gasteiger partial charge in [0, 0.05) is 31.1 Å². The van der Waals surface area contributed by atoms with Crippen molar-refractivity contribution in [3.05, 3.63) is 23.2 Å². The van der Waals surface area contributed by atoms with Gasteiger partial charge in [-0.25, -0.2) is 0 Å². The number of halogens is 1. The van der Waals surface area contributed by atoms with E-state index in [-0.39, 0.29) is 5.91 Å². The van der Waals surface area contributed by atoms with Gasteiger partial charge < -0.3 is 19.9 Å². The maximum Gasteiger partial charge on any atom is 0.224 e. The molecule has 128 valence electrons. The van der Waals surface area contributed by atoms with Crippen molar-refractivity contribution in [2.75, 3.05) is 46.2 Å². The first-order valence-corrected chi connectivity index (χ1v) is 8.40. The highest BCUT2D eigenvalue weighted by Gasteiger charge is 2.23. The third kappa shape index (κ3) is 5.01. The predicted octanol–water partition coefficient (Wildman–Crippen LogP) is 2.70. The van der Waals surface area contributed by atoms with E-state index in [1.54, 1.807) is 13.2 Å². The van der Waals surface area contributed by atoms with Crippen molar-refractivity contribution >= 4 is 23.2 Å². The average molecular weight is 340 g/mol. The van der Waals surface area contributed by atoms with E-state index in [4.69, 9.17) is 16.3 Å². The molecular weight excluding hydrogens is 314 g/mol. The molecule has 1 aromatic carbocycles. The van der Waals surface area contributed by atoms with Gasteiger partial charge in [-0.15, -0.1) is 0 Å². The lowest BCUT2D eigenvalue weighted by Gasteiger charge is -2.35. The van der Waals surface area contributed by atoms with Gasteiger partial charge in [-0.2, -0.15) is 0 Å². The third-order valence-electron chi connectivity index (χ3n) is 4.45.